The van der Waals surface area contributed by atoms with E-state index < -0.39 is 0 Å². The fourth-order valence-corrected chi connectivity index (χ4v) is 1.10. The van der Waals surface area contributed by atoms with Gasteiger partial charge in [-0.05, 0) is 12.0 Å². The van der Waals surface area contributed by atoms with Crippen molar-refractivity contribution in [3.8, 4) is 0 Å². The van der Waals surface area contributed by atoms with Gasteiger partial charge in [-0.2, -0.15) is 5.10 Å². The highest BCUT2D eigenvalue weighted by Crippen LogP contribution is 2.01. The van der Waals surface area contributed by atoms with E-state index in [1.807, 2.05) is 0 Å². The number of hydrogen-bond donors (Lipinski definition) is 0. The summed E-state index contributed by atoms with van der Waals surface area (Å²) >= 11 is 0. The van der Waals surface area contributed by atoms with Crippen molar-refractivity contribution in [3.63, 3.8) is 0 Å². The van der Waals surface area contributed by atoms with Crippen LogP contribution in [-0.2, 0) is 13.1 Å². The van der Waals surface area contributed by atoms with Gasteiger partial charge in [0, 0.05) is 17.7 Å². The Morgan fingerprint density at radius 1 is 1.69 bits per heavy atom. The lowest BCUT2D eigenvalue weighted by Gasteiger charge is -2.03. The van der Waals surface area contributed by atoms with Crippen molar-refractivity contribution in [2.24, 2.45) is 5.92 Å². The van der Waals surface area contributed by atoms with E-state index in [9.17, 15) is 10.1 Å². The van der Waals surface area contributed by atoms with Crippen LogP contribution in [0.15, 0.2) is 12.3 Å². The van der Waals surface area contributed by atoms with Gasteiger partial charge in [-0.15, -0.1) is 0 Å². The summed E-state index contributed by atoms with van der Waals surface area (Å²) in [4.78, 5) is 9.78. The van der Waals surface area contributed by atoms with Gasteiger partial charge in [-0.1, -0.05) is 13.8 Å². The molecule has 13 heavy (non-hydrogen) atoms. The van der Waals surface area contributed by atoms with Gasteiger partial charge in [0.15, 0.2) is 0 Å². The van der Waals surface area contributed by atoms with Gasteiger partial charge in [0.1, 0.15) is 5.69 Å². The lowest BCUT2D eigenvalue weighted by atomic mass is 10.2. The third kappa shape index (κ3) is 3.23. The zero-order chi connectivity index (χ0) is 9.84. The Balaban J connectivity index is 2.58. The summed E-state index contributed by atoms with van der Waals surface area (Å²) in [5, 5.41) is 14.2. The minimum absolute atomic E-state index is 0.189. The molecule has 0 fully saturated rings. The van der Waals surface area contributed by atoms with Crippen LogP contribution >= 0.6 is 0 Å². The molecular weight excluding hydrogens is 170 g/mol. The third-order valence-corrected chi connectivity index (χ3v) is 1.54. The van der Waals surface area contributed by atoms with Gasteiger partial charge in [-0.25, -0.2) is 0 Å². The summed E-state index contributed by atoms with van der Waals surface area (Å²) in [7, 11) is 0. The number of nitrogens with zero attached hydrogens (tertiary/aromatic N) is 3. The summed E-state index contributed by atoms with van der Waals surface area (Å²) in [6.07, 6.45) is 1.78. The van der Waals surface area contributed by atoms with Gasteiger partial charge >= 0.3 is 0 Å². The van der Waals surface area contributed by atoms with Gasteiger partial charge in [-0.3, -0.25) is 14.8 Å². The highest BCUT2D eigenvalue weighted by Gasteiger charge is 2.05. The molecule has 0 unspecified atom stereocenters. The molecule has 0 aromatic carbocycles. The normalized spacial score (nSPS) is 10.7. The Bertz CT molecular complexity index is 293. The standard InChI is InChI=1S/C8H13N3O2/c1-7(2)5-10-4-3-8(9-10)6-11(12)13/h3-4,7H,5-6H2,1-2H3. The number of rotatable bonds is 4. The van der Waals surface area contributed by atoms with Gasteiger partial charge in [0.25, 0.3) is 0 Å². The second-order valence-electron chi connectivity index (χ2n) is 3.41. The minimum atomic E-state index is -0.373. The van der Waals surface area contributed by atoms with Crippen LogP contribution in [-0.4, -0.2) is 14.7 Å². The van der Waals surface area contributed by atoms with Crippen LogP contribution in [0.4, 0.5) is 0 Å². The van der Waals surface area contributed by atoms with Crippen LogP contribution in [0, 0.1) is 16.0 Å². The maximum Gasteiger partial charge on any atom is 0.247 e. The molecule has 5 heteroatoms. The summed E-state index contributed by atoms with van der Waals surface area (Å²) in [5.41, 5.74) is 0.519. The van der Waals surface area contributed by atoms with E-state index in [0.717, 1.165) is 6.54 Å². The van der Waals surface area contributed by atoms with Gasteiger partial charge < -0.3 is 0 Å². The number of hydrogen-bond acceptors (Lipinski definition) is 3. The van der Waals surface area contributed by atoms with Crippen molar-refractivity contribution < 1.29 is 4.92 Å². The van der Waals surface area contributed by atoms with Gasteiger partial charge in [0.2, 0.25) is 6.54 Å². The molecule has 0 radical (unpaired) electrons. The van der Waals surface area contributed by atoms with E-state index >= 15 is 0 Å². The first-order valence-electron chi connectivity index (χ1n) is 4.22. The molecule has 1 aromatic rings. The first-order valence-corrected chi connectivity index (χ1v) is 4.22. The molecule has 0 bridgehead atoms. The SMILES string of the molecule is CC(C)Cn1ccc(C[N+](=O)[O-])n1. The highest BCUT2D eigenvalue weighted by atomic mass is 16.6. The molecule has 0 saturated heterocycles. The molecule has 1 heterocycles. The van der Waals surface area contributed by atoms with Crippen LogP contribution in [0.5, 0.6) is 0 Å². The topological polar surface area (TPSA) is 61.0 Å². The molecule has 0 aliphatic heterocycles. The van der Waals surface area contributed by atoms with E-state index in [-0.39, 0.29) is 11.5 Å². The first kappa shape index (κ1) is 9.70. The van der Waals surface area contributed by atoms with Crippen molar-refractivity contribution in [1.82, 2.24) is 9.78 Å². The van der Waals surface area contributed by atoms with E-state index in [1.165, 1.54) is 0 Å². The summed E-state index contributed by atoms with van der Waals surface area (Å²) in [5.74, 6) is 0.503. The Morgan fingerprint density at radius 2 is 2.38 bits per heavy atom. The average Bonchev–Trinajstić information content (AvgIpc) is 2.33. The lowest BCUT2D eigenvalue weighted by Crippen LogP contribution is -2.06. The molecule has 72 valence electrons. The summed E-state index contributed by atoms with van der Waals surface area (Å²) < 4.78 is 1.74. The number of nitro groups is 1. The van der Waals surface area contributed by atoms with Crippen molar-refractivity contribution >= 4 is 0 Å². The largest absolute Gasteiger partial charge is 0.272 e. The predicted octanol–water partition coefficient (Wildman–Crippen LogP) is 1.32. The summed E-state index contributed by atoms with van der Waals surface area (Å²) in [6.45, 7) is 4.77. The van der Waals surface area contributed by atoms with E-state index in [0.29, 0.717) is 11.6 Å². The van der Waals surface area contributed by atoms with Gasteiger partial charge in [0.05, 0.1) is 0 Å². The molecule has 1 aromatic heterocycles. The molecule has 0 N–H and O–H groups in total. The monoisotopic (exact) mass is 183 g/mol. The molecule has 0 saturated carbocycles. The van der Waals surface area contributed by atoms with Crippen LogP contribution in [0.2, 0.25) is 0 Å². The zero-order valence-corrected chi connectivity index (χ0v) is 7.80. The first-order chi connectivity index (χ1) is 6.08. The molecule has 0 amide bonds. The quantitative estimate of drug-likeness (QED) is 0.522. The molecular formula is C8H13N3O2. The Morgan fingerprint density at radius 3 is 2.92 bits per heavy atom. The van der Waals surface area contributed by atoms with Crippen molar-refractivity contribution in [1.29, 1.82) is 0 Å². The third-order valence-electron chi connectivity index (χ3n) is 1.54. The van der Waals surface area contributed by atoms with E-state index in [2.05, 4.69) is 18.9 Å². The van der Waals surface area contributed by atoms with Crippen molar-refractivity contribution in [2.75, 3.05) is 0 Å². The Labute approximate surface area is 76.5 Å². The molecule has 1 rings (SSSR count). The molecule has 0 aliphatic rings. The van der Waals surface area contributed by atoms with E-state index in [4.69, 9.17) is 0 Å². The molecule has 0 atom stereocenters. The van der Waals surface area contributed by atoms with Crippen LogP contribution in [0.25, 0.3) is 0 Å². The lowest BCUT2D eigenvalue weighted by molar-refractivity contribution is -0.497. The maximum absolute atomic E-state index is 10.2. The van der Waals surface area contributed by atoms with Crippen LogP contribution in [0.3, 0.4) is 0 Å². The fraction of sp³-hybridized carbons (Fsp3) is 0.625. The molecule has 0 aliphatic carbocycles. The van der Waals surface area contributed by atoms with E-state index in [1.54, 1.807) is 16.9 Å². The van der Waals surface area contributed by atoms with Crippen molar-refractivity contribution in [2.45, 2.75) is 26.9 Å². The Hall–Kier alpha value is -1.39. The number of aromatic nitrogens is 2. The highest BCUT2D eigenvalue weighted by molar-refractivity contribution is 4.96. The van der Waals surface area contributed by atoms with Crippen LogP contribution < -0.4 is 0 Å². The minimum Gasteiger partial charge on any atom is -0.272 e. The smallest absolute Gasteiger partial charge is 0.247 e. The second-order valence-corrected chi connectivity index (χ2v) is 3.41. The second kappa shape index (κ2) is 4.02. The zero-order valence-electron chi connectivity index (χ0n) is 7.80. The molecule has 5 nitrogen and oxygen atoms in total. The van der Waals surface area contributed by atoms with Crippen molar-refractivity contribution in [3.05, 3.63) is 28.1 Å². The summed E-state index contributed by atoms with van der Waals surface area (Å²) in [6, 6.07) is 1.69. The predicted molar refractivity (Wildman–Crippen MR) is 47.8 cm³/mol. The Kier molecular flexibility index (Phi) is 3.00. The molecule has 0 spiro atoms. The van der Waals surface area contributed by atoms with Crippen LogP contribution in [0.1, 0.15) is 19.5 Å². The maximum atomic E-state index is 10.2. The average molecular weight is 183 g/mol. The fourth-order valence-electron chi connectivity index (χ4n) is 1.10.